The van der Waals surface area contributed by atoms with Gasteiger partial charge in [-0.25, -0.2) is 4.39 Å². The van der Waals surface area contributed by atoms with Gasteiger partial charge >= 0.3 is 0 Å². The number of benzene rings is 2. The third kappa shape index (κ3) is 5.31. The number of carbonyl (C=O) groups is 3. The number of aromatic nitrogens is 1. The van der Waals surface area contributed by atoms with Gasteiger partial charge in [0, 0.05) is 69.5 Å². The zero-order valence-corrected chi connectivity index (χ0v) is 23.2. The quantitative estimate of drug-likeness (QED) is 0.362. The molecular formula is C32H30FN5O4. The molecule has 3 aromatic rings. The number of ether oxygens (including phenoxy) is 1. The van der Waals surface area contributed by atoms with Gasteiger partial charge in [0.1, 0.15) is 5.41 Å². The normalized spacial score (nSPS) is 20.3. The highest BCUT2D eigenvalue weighted by atomic mass is 19.1. The summed E-state index contributed by atoms with van der Waals surface area (Å²) in [5, 5.41) is 2.33. The summed E-state index contributed by atoms with van der Waals surface area (Å²) in [6.07, 6.45) is 3.46. The fourth-order valence-corrected chi connectivity index (χ4v) is 5.78. The molecule has 1 atom stereocenters. The lowest BCUT2D eigenvalue weighted by Crippen LogP contribution is -2.45. The molecule has 2 saturated heterocycles. The van der Waals surface area contributed by atoms with E-state index in [1.807, 2.05) is 48.8 Å². The van der Waals surface area contributed by atoms with Crippen molar-refractivity contribution in [3.8, 4) is 17.6 Å². The Hall–Kier alpha value is -4.75. The van der Waals surface area contributed by atoms with Crippen molar-refractivity contribution < 1.29 is 23.5 Å². The van der Waals surface area contributed by atoms with E-state index in [0.717, 1.165) is 38.3 Å². The maximum Gasteiger partial charge on any atom is 0.257 e. The molecule has 0 unspecified atom stereocenters. The number of anilines is 1. The van der Waals surface area contributed by atoms with Crippen molar-refractivity contribution in [1.29, 1.82) is 0 Å². The molecule has 2 fully saturated rings. The molecule has 3 aliphatic rings. The van der Waals surface area contributed by atoms with E-state index in [4.69, 9.17) is 4.74 Å². The van der Waals surface area contributed by atoms with Crippen LogP contribution in [0.1, 0.15) is 33.5 Å². The van der Waals surface area contributed by atoms with Gasteiger partial charge in [-0.15, -0.1) is 0 Å². The van der Waals surface area contributed by atoms with Gasteiger partial charge in [-0.3, -0.25) is 29.6 Å². The average molecular weight is 568 g/mol. The number of amides is 3. The van der Waals surface area contributed by atoms with Crippen LogP contribution in [0.25, 0.3) is 0 Å². The van der Waals surface area contributed by atoms with Gasteiger partial charge in [0.2, 0.25) is 11.8 Å². The first kappa shape index (κ1) is 27.4. The minimum absolute atomic E-state index is 0.0251. The van der Waals surface area contributed by atoms with Gasteiger partial charge in [-0.1, -0.05) is 30.0 Å². The third-order valence-corrected chi connectivity index (χ3v) is 8.09. The molecule has 0 aliphatic carbocycles. The largest absolute Gasteiger partial charge is 0.494 e. The number of halogens is 1. The predicted molar refractivity (Wildman–Crippen MR) is 153 cm³/mol. The molecule has 9 nitrogen and oxygen atoms in total. The van der Waals surface area contributed by atoms with E-state index < -0.39 is 29.0 Å². The molecular weight excluding hydrogens is 537 g/mol. The maximum atomic E-state index is 14.8. The second-order valence-corrected chi connectivity index (χ2v) is 10.8. The van der Waals surface area contributed by atoms with Crippen molar-refractivity contribution in [3.05, 3.63) is 89.0 Å². The molecule has 2 aromatic carbocycles. The van der Waals surface area contributed by atoms with E-state index in [-0.39, 0.29) is 30.8 Å². The van der Waals surface area contributed by atoms with Gasteiger partial charge in [0.15, 0.2) is 11.6 Å². The Balaban J connectivity index is 1.13. The van der Waals surface area contributed by atoms with Gasteiger partial charge in [0.25, 0.3) is 5.91 Å². The molecule has 4 heterocycles. The summed E-state index contributed by atoms with van der Waals surface area (Å²) < 4.78 is 19.9. The Bertz CT molecular complexity index is 1590. The van der Waals surface area contributed by atoms with Crippen molar-refractivity contribution in [2.24, 2.45) is 5.41 Å². The Labute approximate surface area is 243 Å². The summed E-state index contributed by atoms with van der Waals surface area (Å²) in [7, 11) is 1.33. The molecule has 214 valence electrons. The third-order valence-electron chi connectivity index (χ3n) is 8.09. The monoisotopic (exact) mass is 567 g/mol. The molecule has 3 aliphatic heterocycles. The number of nitrogens with one attached hydrogen (secondary N) is 1. The Morgan fingerprint density at radius 2 is 1.74 bits per heavy atom. The lowest BCUT2D eigenvalue weighted by Gasteiger charge is -2.36. The fourth-order valence-electron chi connectivity index (χ4n) is 5.78. The molecule has 6 rings (SSSR count). The van der Waals surface area contributed by atoms with Crippen LogP contribution in [0.15, 0.2) is 60.9 Å². The number of pyridine rings is 1. The van der Waals surface area contributed by atoms with Crippen LogP contribution in [0.2, 0.25) is 0 Å². The van der Waals surface area contributed by atoms with Crippen molar-refractivity contribution in [2.45, 2.75) is 19.5 Å². The van der Waals surface area contributed by atoms with Gasteiger partial charge in [0.05, 0.1) is 19.1 Å². The van der Waals surface area contributed by atoms with Crippen LogP contribution in [0.4, 0.5) is 10.1 Å². The molecule has 1 aromatic heterocycles. The minimum atomic E-state index is -1.43. The highest BCUT2D eigenvalue weighted by Crippen LogP contribution is 2.35. The summed E-state index contributed by atoms with van der Waals surface area (Å²) >= 11 is 0. The predicted octanol–water partition coefficient (Wildman–Crippen LogP) is 2.59. The number of imide groups is 1. The van der Waals surface area contributed by atoms with Crippen molar-refractivity contribution in [3.63, 3.8) is 0 Å². The summed E-state index contributed by atoms with van der Waals surface area (Å²) in [4.78, 5) is 48.6. The molecule has 3 amide bonds. The van der Waals surface area contributed by atoms with E-state index in [1.165, 1.54) is 23.8 Å². The van der Waals surface area contributed by atoms with Crippen LogP contribution >= 0.6 is 0 Å². The molecule has 42 heavy (non-hydrogen) atoms. The number of piperazine rings is 1. The van der Waals surface area contributed by atoms with Crippen LogP contribution in [0, 0.1) is 23.1 Å². The summed E-state index contributed by atoms with van der Waals surface area (Å²) in [5.41, 5.74) is 2.03. The van der Waals surface area contributed by atoms with Crippen LogP contribution in [-0.2, 0) is 22.7 Å². The highest BCUT2D eigenvalue weighted by molar-refractivity contribution is 6.08. The van der Waals surface area contributed by atoms with Crippen LogP contribution in [0.5, 0.6) is 5.75 Å². The number of hydrogen-bond acceptors (Lipinski definition) is 7. The maximum absolute atomic E-state index is 14.8. The zero-order valence-electron chi connectivity index (χ0n) is 23.2. The van der Waals surface area contributed by atoms with E-state index in [9.17, 15) is 18.8 Å². The Morgan fingerprint density at radius 3 is 2.40 bits per heavy atom. The SMILES string of the molecule is COc1ccc2c(c1F)C(=O)N(C[C@@]1(C#Cc3ccc(CN4CCN(c5ccncc5)CC4)cc3)CC(=O)NC1=O)C2. The second-order valence-electron chi connectivity index (χ2n) is 10.8. The van der Waals surface area contributed by atoms with E-state index in [0.29, 0.717) is 11.1 Å². The highest BCUT2D eigenvalue weighted by Gasteiger charge is 2.49. The molecule has 0 saturated carbocycles. The standard InChI is InChI=1S/C32H30FN5O4/c1-42-26-7-6-24-20-38(30(40)28(24)29(26)33)21-32(18-27(39)35-31(32)41)11-8-22-2-4-23(5-3-22)19-36-14-16-37(17-15-36)25-9-12-34-13-10-25/h2-7,9-10,12-13H,14-21H2,1H3,(H,35,39,41)/t32-/m1/s1. The molecule has 10 heteroatoms. The Morgan fingerprint density at radius 1 is 1.00 bits per heavy atom. The first-order valence-electron chi connectivity index (χ1n) is 13.8. The number of fused-ring (bicyclic) bond motifs is 1. The summed E-state index contributed by atoms with van der Waals surface area (Å²) in [6, 6.07) is 15.0. The number of rotatable bonds is 6. The van der Waals surface area contributed by atoms with E-state index >= 15 is 0 Å². The second kappa shape index (κ2) is 11.3. The molecule has 1 N–H and O–H groups in total. The van der Waals surface area contributed by atoms with E-state index in [1.54, 1.807) is 6.07 Å². The number of nitrogens with zero attached hydrogens (tertiary/aromatic N) is 4. The van der Waals surface area contributed by atoms with Crippen molar-refractivity contribution in [1.82, 2.24) is 20.1 Å². The average Bonchev–Trinajstić information content (AvgIpc) is 3.47. The van der Waals surface area contributed by atoms with Gasteiger partial charge < -0.3 is 14.5 Å². The lowest BCUT2D eigenvalue weighted by molar-refractivity contribution is -0.127. The number of hydrogen-bond donors (Lipinski definition) is 1. The molecule has 0 spiro atoms. The summed E-state index contributed by atoms with van der Waals surface area (Å²) in [5.74, 6) is 3.75. The summed E-state index contributed by atoms with van der Waals surface area (Å²) in [6.45, 7) is 4.60. The lowest BCUT2D eigenvalue weighted by atomic mass is 9.85. The van der Waals surface area contributed by atoms with E-state index in [2.05, 4.69) is 31.9 Å². The number of carbonyl (C=O) groups excluding carboxylic acids is 3. The van der Waals surface area contributed by atoms with Gasteiger partial charge in [-0.05, 0) is 41.5 Å². The van der Waals surface area contributed by atoms with Crippen molar-refractivity contribution >= 4 is 23.4 Å². The first-order chi connectivity index (χ1) is 20.3. The van der Waals surface area contributed by atoms with Crippen LogP contribution in [0.3, 0.4) is 0 Å². The smallest absolute Gasteiger partial charge is 0.257 e. The minimum Gasteiger partial charge on any atom is -0.494 e. The number of methoxy groups -OCH3 is 1. The van der Waals surface area contributed by atoms with Gasteiger partial charge in [-0.2, -0.15) is 0 Å². The topological polar surface area (TPSA) is 95.1 Å². The first-order valence-corrected chi connectivity index (χ1v) is 13.8. The Kier molecular flexibility index (Phi) is 7.35. The van der Waals surface area contributed by atoms with Crippen molar-refractivity contribution in [2.75, 3.05) is 44.7 Å². The van der Waals surface area contributed by atoms with Crippen LogP contribution in [-0.4, -0.2) is 72.3 Å². The molecule has 0 bridgehead atoms. The molecule has 0 radical (unpaired) electrons. The fraction of sp³-hybridized carbons (Fsp3) is 0.312. The zero-order chi connectivity index (χ0) is 29.3. The van der Waals surface area contributed by atoms with Crippen LogP contribution < -0.4 is 15.0 Å².